The Bertz CT molecular complexity index is 1220. The fourth-order valence-corrected chi connectivity index (χ4v) is 6.11. The lowest BCUT2D eigenvalue weighted by Crippen LogP contribution is -2.34. The van der Waals surface area contributed by atoms with Crippen LogP contribution in [0, 0.1) is 0 Å². The van der Waals surface area contributed by atoms with E-state index < -0.39 is 8.32 Å². The second-order valence-corrected chi connectivity index (χ2v) is 13.8. The molecule has 0 atom stereocenters. The lowest BCUT2D eigenvalue weighted by molar-refractivity contribution is 0.103. The van der Waals surface area contributed by atoms with Crippen LogP contribution >= 0.6 is 0 Å². The smallest absolute Gasteiger partial charge is 0.283 e. The minimum absolute atomic E-state index is 0.140. The van der Waals surface area contributed by atoms with E-state index in [9.17, 15) is 4.79 Å². The maximum Gasteiger partial charge on any atom is 0.283 e. The Labute approximate surface area is 219 Å². The third-order valence-corrected chi connectivity index (χ3v) is 8.27. The van der Waals surface area contributed by atoms with Crippen LogP contribution in [-0.2, 0) is 0 Å². The summed E-state index contributed by atoms with van der Waals surface area (Å²) >= 11 is 0. The first-order valence-electron chi connectivity index (χ1n) is 12.4. The Kier molecular flexibility index (Phi) is 9.01. The second-order valence-electron chi connectivity index (χ2n) is 9.61. The highest BCUT2D eigenvalue weighted by Crippen LogP contribution is 2.45. The molecular formula is C28H38O8Si. The Morgan fingerprint density at radius 2 is 1.54 bits per heavy atom. The van der Waals surface area contributed by atoms with Crippen LogP contribution < -0.4 is 28.1 Å². The zero-order chi connectivity index (χ0) is 27.3. The van der Waals surface area contributed by atoms with E-state index in [1.165, 1.54) is 21.3 Å². The summed E-state index contributed by atoms with van der Waals surface area (Å²) in [4.78, 5) is 14.1. The van der Waals surface area contributed by atoms with Crippen molar-refractivity contribution in [2.75, 3.05) is 28.4 Å². The van der Waals surface area contributed by atoms with Gasteiger partial charge in [-0.15, -0.1) is 0 Å². The van der Waals surface area contributed by atoms with Crippen LogP contribution in [0.5, 0.6) is 34.7 Å². The molecule has 0 unspecified atom stereocenters. The van der Waals surface area contributed by atoms with Gasteiger partial charge in [0.15, 0.2) is 22.8 Å². The minimum Gasteiger partial charge on any atom is -0.519 e. The predicted molar refractivity (Wildman–Crippen MR) is 146 cm³/mol. The van der Waals surface area contributed by atoms with E-state index in [4.69, 9.17) is 32.5 Å². The number of fused-ring (bicyclic) bond motifs is 1. The zero-order valence-corrected chi connectivity index (χ0v) is 24.3. The van der Waals surface area contributed by atoms with E-state index >= 15 is 0 Å². The molecule has 2 aromatic carbocycles. The molecule has 1 aromatic heterocycles. The molecule has 3 rings (SSSR count). The van der Waals surface area contributed by atoms with Crippen molar-refractivity contribution in [1.82, 2.24) is 0 Å². The minimum atomic E-state index is -2.22. The van der Waals surface area contributed by atoms with Crippen molar-refractivity contribution in [3.8, 4) is 34.7 Å². The first-order chi connectivity index (χ1) is 17.6. The molecule has 9 heteroatoms. The molecule has 37 heavy (non-hydrogen) atoms. The lowest BCUT2D eigenvalue weighted by Gasteiger charge is -2.22. The van der Waals surface area contributed by atoms with Gasteiger partial charge in [-0.1, -0.05) is 19.8 Å². The quantitative estimate of drug-likeness (QED) is 0.175. The third kappa shape index (κ3) is 5.98. The molecule has 0 N–H and O–H groups in total. The highest BCUT2D eigenvalue weighted by Gasteiger charge is 2.33. The molecule has 0 bridgehead atoms. The number of benzene rings is 2. The molecule has 0 fully saturated rings. The van der Waals surface area contributed by atoms with Crippen molar-refractivity contribution in [2.45, 2.75) is 58.9 Å². The van der Waals surface area contributed by atoms with Crippen LogP contribution in [0.15, 0.2) is 28.7 Å². The monoisotopic (exact) mass is 530 g/mol. The van der Waals surface area contributed by atoms with Crippen molar-refractivity contribution in [1.29, 1.82) is 0 Å². The van der Waals surface area contributed by atoms with Gasteiger partial charge in [0.25, 0.3) is 5.95 Å². The molecule has 0 spiro atoms. The number of ether oxygens (including phenoxy) is 5. The van der Waals surface area contributed by atoms with Gasteiger partial charge < -0.3 is 32.5 Å². The maximum atomic E-state index is 14.1. The molecule has 8 nitrogen and oxygen atoms in total. The first-order valence-corrected chi connectivity index (χ1v) is 15.6. The van der Waals surface area contributed by atoms with Gasteiger partial charge in [0, 0.05) is 10.9 Å². The molecule has 0 saturated heterocycles. The van der Waals surface area contributed by atoms with Gasteiger partial charge in [0.05, 0.1) is 34.5 Å². The summed E-state index contributed by atoms with van der Waals surface area (Å²) < 4.78 is 40.8. The molecule has 0 aliphatic heterocycles. The molecule has 0 aliphatic carbocycles. The number of ketones is 1. The van der Waals surface area contributed by atoms with Crippen molar-refractivity contribution < 1.29 is 37.3 Å². The number of methoxy groups -OCH3 is 4. The predicted octanol–water partition coefficient (Wildman–Crippen LogP) is 6.87. The summed E-state index contributed by atoms with van der Waals surface area (Å²) in [6.45, 7) is 10.2. The van der Waals surface area contributed by atoms with Crippen molar-refractivity contribution >= 4 is 25.1 Å². The SMILES string of the molecule is CCCC[Si](C)(C)Oc1oc2c(OC(C)C)c(OC)ccc2c1C(=O)c1cc(OC)c(OC)c(OC)c1. The van der Waals surface area contributed by atoms with Gasteiger partial charge in [-0.2, -0.15) is 0 Å². The highest BCUT2D eigenvalue weighted by molar-refractivity contribution is 6.71. The average molecular weight is 531 g/mol. The van der Waals surface area contributed by atoms with E-state index in [1.54, 1.807) is 31.4 Å². The number of carbonyl (C=O) groups is 1. The fourth-order valence-electron chi connectivity index (χ4n) is 4.15. The molecule has 0 aliphatic rings. The Morgan fingerprint density at radius 3 is 2.05 bits per heavy atom. The van der Waals surface area contributed by atoms with Crippen molar-refractivity contribution in [3.05, 3.63) is 35.4 Å². The summed E-state index contributed by atoms with van der Waals surface area (Å²) in [6.07, 6.45) is 1.95. The zero-order valence-electron chi connectivity index (χ0n) is 23.3. The summed E-state index contributed by atoms with van der Waals surface area (Å²) in [5.74, 6) is 1.98. The molecule has 0 radical (unpaired) electrons. The largest absolute Gasteiger partial charge is 0.519 e. The summed E-state index contributed by atoms with van der Waals surface area (Å²) in [5.41, 5.74) is 1.06. The Balaban J connectivity index is 2.28. The van der Waals surface area contributed by atoms with E-state index in [1.807, 2.05) is 13.8 Å². The number of hydrogen-bond acceptors (Lipinski definition) is 8. The number of unbranched alkanes of at least 4 members (excludes halogenated alkanes) is 1. The van der Waals surface area contributed by atoms with E-state index in [2.05, 4.69) is 20.0 Å². The van der Waals surface area contributed by atoms with Gasteiger partial charge >= 0.3 is 0 Å². The van der Waals surface area contributed by atoms with Crippen LogP contribution in [0.4, 0.5) is 0 Å². The second kappa shape index (κ2) is 11.8. The number of hydrogen-bond donors (Lipinski definition) is 0. The van der Waals surface area contributed by atoms with Crippen LogP contribution in [0.2, 0.25) is 19.1 Å². The van der Waals surface area contributed by atoms with E-state index in [0.717, 1.165) is 18.9 Å². The summed E-state index contributed by atoms with van der Waals surface area (Å²) in [6, 6.07) is 7.74. The van der Waals surface area contributed by atoms with Gasteiger partial charge in [-0.25, -0.2) is 0 Å². The maximum absolute atomic E-state index is 14.1. The van der Waals surface area contributed by atoms with E-state index in [-0.39, 0.29) is 17.8 Å². The van der Waals surface area contributed by atoms with E-state index in [0.29, 0.717) is 50.8 Å². The van der Waals surface area contributed by atoms with Gasteiger partial charge in [-0.05, 0) is 57.3 Å². The molecular weight excluding hydrogens is 492 g/mol. The normalized spacial score (nSPS) is 11.5. The van der Waals surface area contributed by atoms with Crippen LogP contribution in [0.3, 0.4) is 0 Å². The fraction of sp³-hybridized carbons (Fsp3) is 0.464. The average Bonchev–Trinajstić information content (AvgIpc) is 3.23. The topological polar surface area (TPSA) is 85.6 Å². The van der Waals surface area contributed by atoms with Gasteiger partial charge in [0.2, 0.25) is 25.6 Å². The van der Waals surface area contributed by atoms with Gasteiger partial charge in [-0.3, -0.25) is 4.79 Å². The molecule has 202 valence electrons. The third-order valence-electron chi connectivity index (χ3n) is 5.97. The van der Waals surface area contributed by atoms with Crippen molar-refractivity contribution in [2.24, 2.45) is 0 Å². The lowest BCUT2D eigenvalue weighted by atomic mass is 10.0. The molecule has 0 saturated carbocycles. The number of furan rings is 1. The summed E-state index contributed by atoms with van der Waals surface area (Å²) in [5, 5.41) is 0.575. The standard InChI is InChI=1S/C28H38O8Si/c1-10-11-14-37(8,9)36-28-23(19-12-13-20(30-4)27(25(19)35-28)34-17(2)3)24(29)18-15-21(31-5)26(33-7)22(16-18)32-6/h12-13,15-17H,10-11,14H2,1-9H3. The highest BCUT2D eigenvalue weighted by atomic mass is 28.4. The van der Waals surface area contributed by atoms with Crippen LogP contribution in [-0.4, -0.2) is 48.6 Å². The number of carbonyl (C=O) groups excluding carboxylic acids is 1. The molecule has 0 amide bonds. The Morgan fingerprint density at radius 1 is 0.919 bits per heavy atom. The number of rotatable bonds is 13. The molecule has 3 aromatic rings. The van der Waals surface area contributed by atoms with Crippen LogP contribution in [0.25, 0.3) is 11.0 Å². The van der Waals surface area contributed by atoms with Crippen molar-refractivity contribution in [3.63, 3.8) is 0 Å². The summed E-state index contributed by atoms with van der Waals surface area (Å²) in [7, 11) is 3.89. The van der Waals surface area contributed by atoms with Gasteiger partial charge in [0.1, 0.15) is 5.56 Å². The van der Waals surface area contributed by atoms with Crippen LogP contribution in [0.1, 0.15) is 49.5 Å². The molecule has 1 heterocycles. The first kappa shape index (κ1) is 28.2. The Hall–Kier alpha value is -3.33.